The Morgan fingerprint density at radius 2 is 2.00 bits per heavy atom. The molecule has 2 rings (SSSR count). The quantitative estimate of drug-likeness (QED) is 0.757. The zero-order valence-electron chi connectivity index (χ0n) is 13.1. The van der Waals surface area contributed by atoms with Crippen molar-refractivity contribution in [3.63, 3.8) is 0 Å². The standard InChI is InChI=1S/C17H23Cl2NO2/c1-3-20(14-7-5-4-6-8-14)17(21)12(2)22-16-10-9-13(18)11-15(16)19/h9-12,14H,3-8H2,1-2H3. The summed E-state index contributed by atoms with van der Waals surface area (Å²) in [6.07, 6.45) is 5.30. The Kier molecular flexibility index (Phi) is 6.39. The van der Waals surface area contributed by atoms with Gasteiger partial charge < -0.3 is 9.64 Å². The summed E-state index contributed by atoms with van der Waals surface area (Å²) in [5.41, 5.74) is 0. The average Bonchev–Trinajstić information content (AvgIpc) is 2.51. The first-order valence-electron chi connectivity index (χ1n) is 7.95. The zero-order valence-corrected chi connectivity index (χ0v) is 14.7. The summed E-state index contributed by atoms with van der Waals surface area (Å²) in [6, 6.07) is 5.37. The zero-order chi connectivity index (χ0) is 16.1. The Morgan fingerprint density at radius 1 is 1.32 bits per heavy atom. The van der Waals surface area contributed by atoms with Crippen molar-refractivity contribution in [2.45, 2.75) is 58.1 Å². The summed E-state index contributed by atoms with van der Waals surface area (Å²) in [4.78, 5) is 14.6. The summed E-state index contributed by atoms with van der Waals surface area (Å²) in [7, 11) is 0. The van der Waals surface area contributed by atoms with E-state index < -0.39 is 6.10 Å². The Bertz CT molecular complexity index is 515. The van der Waals surface area contributed by atoms with Crippen molar-refractivity contribution in [2.24, 2.45) is 0 Å². The fraction of sp³-hybridized carbons (Fsp3) is 0.588. The molecule has 0 aromatic heterocycles. The lowest BCUT2D eigenvalue weighted by atomic mass is 9.94. The fourth-order valence-corrected chi connectivity index (χ4v) is 3.48. The second kappa shape index (κ2) is 8.07. The molecule has 1 atom stereocenters. The Hall–Kier alpha value is -0.930. The molecule has 0 bridgehead atoms. The minimum absolute atomic E-state index is 0.0282. The minimum atomic E-state index is -0.555. The largest absolute Gasteiger partial charge is 0.479 e. The van der Waals surface area contributed by atoms with Crippen LogP contribution in [0.1, 0.15) is 46.0 Å². The molecule has 0 radical (unpaired) electrons. The van der Waals surface area contributed by atoms with Gasteiger partial charge in [-0.15, -0.1) is 0 Å². The van der Waals surface area contributed by atoms with Crippen LogP contribution >= 0.6 is 23.2 Å². The Labute approximate surface area is 142 Å². The smallest absolute Gasteiger partial charge is 0.263 e. The molecule has 122 valence electrons. The molecular weight excluding hydrogens is 321 g/mol. The number of benzene rings is 1. The van der Waals surface area contributed by atoms with Crippen molar-refractivity contribution in [1.29, 1.82) is 0 Å². The highest BCUT2D eigenvalue weighted by molar-refractivity contribution is 6.35. The first kappa shape index (κ1) is 17.4. The van der Waals surface area contributed by atoms with E-state index in [4.69, 9.17) is 27.9 Å². The minimum Gasteiger partial charge on any atom is -0.479 e. The van der Waals surface area contributed by atoms with Crippen LogP contribution in [-0.2, 0) is 4.79 Å². The third kappa shape index (κ3) is 4.30. The van der Waals surface area contributed by atoms with E-state index >= 15 is 0 Å². The number of rotatable bonds is 5. The van der Waals surface area contributed by atoms with Crippen LogP contribution in [0.4, 0.5) is 0 Å². The maximum atomic E-state index is 12.7. The van der Waals surface area contributed by atoms with E-state index in [1.165, 1.54) is 19.3 Å². The molecule has 0 spiro atoms. The van der Waals surface area contributed by atoms with Crippen molar-refractivity contribution < 1.29 is 9.53 Å². The number of hydrogen-bond acceptors (Lipinski definition) is 2. The lowest BCUT2D eigenvalue weighted by molar-refractivity contribution is -0.140. The molecule has 1 aromatic carbocycles. The highest BCUT2D eigenvalue weighted by Crippen LogP contribution is 2.29. The fourth-order valence-electron chi connectivity index (χ4n) is 3.03. The monoisotopic (exact) mass is 343 g/mol. The Morgan fingerprint density at radius 3 is 2.59 bits per heavy atom. The van der Waals surface area contributed by atoms with E-state index in [-0.39, 0.29) is 5.91 Å². The van der Waals surface area contributed by atoms with Gasteiger partial charge in [0.2, 0.25) is 0 Å². The normalized spacial score (nSPS) is 17.1. The van der Waals surface area contributed by atoms with Crippen molar-refractivity contribution in [3.8, 4) is 5.75 Å². The van der Waals surface area contributed by atoms with Crippen molar-refractivity contribution in [1.82, 2.24) is 4.90 Å². The van der Waals surface area contributed by atoms with Crippen LogP contribution in [0.3, 0.4) is 0 Å². The number of carbonyl (C=O) groups excluding carboxylic acids is 1. The molecule has 1 aromatic rings. The second-order valence-corrected chi connectivity index (χ2v) is 6.59. The van der Waals surface area contributed by atoms with Crippen LogP contribution in [0.25, 0.3) is 0 Å². The molecule has 1 unspecified atom stereocenters. The van der Waals surface area contributed by atoms with Gasteiger partial charge in [-0.3, -0.25) is 4.79 Å². The van der Waals surface area contributed by atoms with Crippen molar-refractivity contribution in [2.75, 3.05) is 6.54 Å². The van der Waals surface area contributed by atoms with Crippen LogP contribution in [-0.4, -0.2) is 29.5 Å². The summed E-state index contributed by atoms with van der Waals surface area (Å²) in [5.74, 6) is 0.520. The predicted octanol–water partition coefficient (Wildman–Crippen LogP) is 4.94. The van der Waals surface area contributed by atoms with E-state index in [0.717, 1.165) is 12.8 Å². The first-order valence-corrected chi connectivity index (χ1v) is 8.70. The van der Waals surface area contributed by atoms with Crippen LogP contribution in [0.5, 0.6) is 5.75 Å². The van der Waals surface area contributed by atoms with E-state index in [1.807, 2.05) is 11.8 Å². The summed E-state index contributed by atoms with van der Waals surface area (Å²) in [6.45, 7) is 4.51. The van der Waals surface area contributed by atoms with Gasteiger partial charge in [0.1, 0.15) is 5.75 Å². The lowest BCUT2D eigenvalue weighted by Gasteiger charge is -2.35. The van der Waals surface area contributed by atoms with Gasteiger partial charge in [0.15, 0.2) is 6.10 Å². The molecular formula is C17H23Cl2NO2. The Balaban J connectivity index is 2.03. The van der Waals surface area contributed by atoms with Gasteiger partial charge in [0.05, 0.1) is 5.02 Å². The third-order valence-corrected chi connectivity index (χ3v) is 4.72. The number of carbonyl (C=O) groups is 1. The highest BCUT2D eigenvalue weighted by Gasteiger charge is 2.28. The van der Waals surface area contributed by atoms with Crippen LogP contribution in [0.15, 0.2) is 18.2 Å². The number of likely N-dealkylation sites (N-methyl/N-ethyl adjacent to an activating group) is 1. The van der Waals surface area contributed by atoms with Gasteiger partial charge in [-0.25, -0.2) is 0 Å². The van der Waals surface area contributed by atoms with Crippen LogP contribution in [0, 0.1) is 0 Å². The van der Waals surface area contributed by atoms with Crippen LogP contribution in [0.2, 0.25) is 10.0 Å². The molecule has 22 heavy (non-hydrogen) atoms. The molecule has 0 aliphatic heterocycles. The topological polar surface area (TPSA) is 29.5 Å². The summed E-state index contributed by atoms with van der Waals surface area (Å²) < 4.78 is 5.75. The van der Waals surface area contributed by atoms with Crippen molar-refractivity contribution in [3.05, 3.63) is 28.2 Å². The molecule has 0 heterocycles. The number of ether oxygens (including phenoxy) is 1. The molecule has 1 aliphatic carbocycles. The van der Waals surface area contributed by atoms with E-state index in [1.54, 1.807) is 25.1 Å². The lowest BCUT2D eigenvalue weighted by Crippen LogP contribution is -2.47. The molecule has 1 fully saturated rings. The van der Waals surface area contributed by atoms with Crippen molar-refractivity contribution >= 4 is 29.1 Å². The highest BCUT2D eigenvalue weighted by atomic mass is 35.5. The molecule has 3 nitrogen and oxygen atoms in total. The van der Waals surface area contributed by atoms with Gasteiger partial charge >= 0.3 is 0 Å². The van der Waals surface area contributed by atoms with Gasteiger partial charge in [0, 0.05) is 17.6 Å². The van der Waals surface area contributed by atoms with E-state index in [0.29, 0.717) is 28.4 Å². The first-order chi connectivity index (χ1) is 10.5. The molecule has 1 amide bonds. The molecule has 5 heteroatoms. The molecule has 1 saturated carbocycles. The van der Waals surface area contributed by atoms with Gasteiger partial charge in [-0.2, -0.15) is 0 Å². The summed E-state index contributed by atoms with van der Waals surface area (Å²) >= 11 is 12.0. The summed E-state index contributed by atoms with van der Waals surface area (Å²) in [5, 5.41) is 0.974. The van der Waals surface area contributed by atoms with Crippen LogP contribution < -0.4 is 4.74 Å². The average molecular weight is 344 g/mol. The number of hydrogen-bond donors (Lipinski definition) is 0. The number of nitrogens with zero attached hydrogens (tertiary/aromatic N) is 1. The second-order valence-electron chi connectivity index (χ2n) is 5.75. The maximum Gasteiger partial charge on any atom is 0.263 e. The number of amides is 1. The van der Waals surface area contributed by atoms with E-state index in [2.05, 4.69) is 0 Å². The SMILES string of the molecule is CCN(C(=O)C(C)Oc1ccc(Cl)cc1Cl)C1CCCCC1. The molecule has 0 saturated heterocycles. The maximum absolute atomic E-state index is 12.7. The van der Waals surface area contributed by atoms with Gasteiger partial charge in [0.25, 0.3) is 5.91 Å². The third-order valence-electron chi connectivity index (χ3n) is 4.18. The predicted molar refractivity (Wildman–Crippen MR) is 90.8 cm³/mol. The van der Waals surface area contributed by atoms with E-state index in [9.17, 15) is 4.79 Å². The number of halogens is 2. The van der Waals surface area contributed by atoms with Gasteiger partial charge in [-0.1, -0.05) is 42.5 Å². The molecule has 1 aliphatic rings. The van der Waals surface area contributed by atoms with Gasteiger partial charge in [-0.05, 0) is 44.9 Å². The molecule has 0 N–H and O–H groups in total.